The van der Waals surface area contributed by atoms with Crippen LogP contribution in [0.1, 0.15) is 412 Å². The zero-order chi connectivity index (χ0) is 53.6. The largest absolute Gasteiger partial charge is 0.394 e. The fourth-order valence-corrected chi connectivity index (χ4v) is 11.6. The van der Waals surface area contributed by atoms with Gasteiger partial charge in [0.2, 0.25) is 5.91 Å². The predicted molar refractivity (Wildman–Crippen MR) is 329 cm³/mol. The molecule has 0 aliphatic carbocycles. The van der Waals surface area contributed by atoms with Gasteiger partial charge in [0.1, 0.15) is 6.10 Å². The summed E-state index contributed by atoms with van der Waals surface area (Å²) in [5.74, 6) is -0.459. The van der Waals surface area contributed by atoms with E-state index in [1.54, 1.807) is 0 Å². The van der Waals surface area contributed by atoms with E-state index >= 15 is 0 Å². The van der Waals surface area contributed by atoms with Crippen molar-refractivity contribution in [3.63, 3.8) is 0 Å². The first-order valence-corrected chi connectivity index (χ1v) is 34.8. The molecule has 74 heavy (non-hydrogen) atoms. The number of carbonyl (C=O) groups excluding carboxylic acids is 1. The zero-order valence-corrected chi connectivity index (χ0v) is 51.0. The third-order valence-electron chi connectivity index (χ3n) is 17.0. The molecule has 0 bridgehead atoms. The minimum Gasteiger partial charge on any atom is -0.394 e. The quantitative estimate of drug-likeness (QED) is 0.0457. The van der Waals surface area contributed by atoms with Crippen molar-refractivity contribution in [3.8, 4) is 0 Å². The van der Waals surface area contributed by atoms with Gasteiger partial charge in [0.15, 0.2) is 0 Å². The second-order valence-electron chi connectivity index (χ2n) is 24.5. The smallest absolute Gasteiger partial charge is 0.249 e. The third-order valence-corrected chi connectivity index (χ3v) is 17.0. The van der Waals surface area contributed by atoms with Gasteiger partial charge in [-0.25, -0.2) is 0 Å². The molecule has 0 aromatic rings. The van der Waals surface area contributed by atoms with Crippen LogP contribution in [0.15, 0.2) is 0 Å². The van der Waals surface area contributed by atoms with Gasteiger partial charge < -0.3 is 20.6 Å². The Bertz CT molecular complexity index is 1020. The molecule has 0 aromatic carbocycles. The molecule has 5 nitrogen and oxygen atoms in total. The Labute approximate surface area is 466 Å². The van der Waals surface area contributed by atoms with Gasteiger partial charge in [-0.15, -0.1) is 0 Å². The fourth-order valence-electron chi connectivity index (χ4n) is 11.6. The second-order valence-corrected chi connectivity index (χ2v) is 24.5. The van der Waals surface area contributed by atoms with Crippen LogP contribution in [0.4, 0.5) is 0 Å². The molecule has 3 unspecified atom stereocenters. The van der Waals surface area contributed by atoms with Crippen LogP contribution in [-0.4, -0.2) is 46.1 Å². The van der Waals surface area contributed by atoms with E-state index in [4.69, 9.17) is 0 Å². The van der Waals surface area contributed by atoms with Crippen LogP contribution in [0.3, 0.4) is 0 Å². The molecule has 4 N–H and O–H groups in total. The highest BCUT2D eigenvalue weighted by Crippen LogP contribution is 2.20. The van der Waals surface area contributed by atoms with Crippen molar-refractivity contribution >= 4 is 5.91 Å². The number of aliphatic hydroxyl groups excluding tert-OH is 3. The summed E-state index contributed by atoms with van der Waals surface area (Å²) < 4.78 is 0. The van der Waals surface area contributed by atoms with Crippen molar-refractivity contribution in [2.45, 2.75) is 430 Å². The first-order valence-electron chi connectivity index (χ1n) is 34.8. The maximum atomic E-state index is 12.6. The highest BCUT2D eigenvalue weighted by Gasteiger charge is 2.23. The van der Waals surface area contributed by atoms with E-state index in [2.05, 4.69) is 19.2 Å². The summed E-state index contributed by atoms with van der Waals surface area (Å²) in [7, 11) is 0. The lowest BCUT2D eigenvalue weighted by Crippen LogP contribution is -2.49. The van der Waals surface area contributed by atoms with Crippen LogP contribution >= 0.6 is 0 Å². The molecule has 0 saturated heterocycles. The number of aliphatic hydroxyl groups is 3. The summed E-state index contributed by atoms with van der Waals surface area (Å²) in [6, 6.07) is -0.709. The van der Waals surface area contributed by atoms with Crippen molar-refractivity contribution in [2.24, 2.45) is 0 Å². The summed E-state index contributed by atoms with van der Waals surface area (Å²) in [6.45, 7) is 4.29. The monoisotopic (exact) mass is 1050 g/mol. The highest BCUT2D eigenvalue weighted by molar-refractivity contribution is 5.80. The fraction of sp³-hybridized carbons (Fsp3) is 0.986. The molecule has 1 amide bonds. The van der Waals surface area contributed by atoms with E-state index in [0.29, 0.717) is 12.8 Å². The van der Waals surface area contributed by atoms with Gasteiger partial charge in [-0.05, 0) is 12.8 Å². The summed E-state index contributed by atoms with van der Waals surface area (Å²) >= 11 is 0. The first-order chi connectivity index (χ1) is 36.6. The van der Waals surface area contributed by atoms with Gasteiger partial charge in [0.25, 0.3) is 0 Å². The molecule has 5 heteroatoms. The Morgan fingerprint density at radius 2 is 0.432 bits per heavy atom. The molecule has 0 aliphatic heterocycles. The van der Waals surface area contributed by atoms with Crippen molar-refractivity contribution in [2.75, 3.05) is 6.61 Å². The van der Waals surface area contributed by atoms with Gasteiger partial charge in [0.05, 0.1) is 18.8 Å². The maximum Gasteiger partial charge on any atom is 0.249 e. The molecular weight excluding hydrogens is 907 g/mol. The number of hydrogen-bond acceptors (Lipinski definition) is 4. The van der Waals surface area contributed by atoms with Crippen molar-refractivity contribution in [1.29, 1.82) is 0 Å². The number of hydrogen-bond donors (Lipinski definition) is 4. The van der Waals surface area contributed by atoms with Gasteiger partial charge in [0, 0.05) is 0 Å². The van der Waals surface area contributed by atoms with Gasteiger partial charge in [-0.1, -0.05) is 399 Å². The van der Waals surface area contributed by atoms with Gasteiger partial charge >= 0.3 is 0 Å². The number of amides is 1. The Morgan fingerprint density at radius 3 is 0.608 bits per heavy atom. The molecule has 0 heterocycles. The maximum absolute atomic E-state index is 12.6. The lowest BCUT2D eigenvalue weighted by atomic mass is 10.0. The molecule has 444 valence electrons. The molecular formula is C69H139NO4. The van der Waals surface area contributed by atoms with E-state index < -0.39 is 24.2 Å². The van der Waals surface area contributed by atoms with E-state index in [0.717, 1.165) is 32.1 Å². The number of unbranched alkanes of at least 4 members (excludes halogenated alkanes) is 58. The molecule has 0 spiro atoms. The number of nitrogens with one attached hydrogen (secondary N) is 1. The first kappa shape index (κ1) is 73.3. The zero-order valence-electron chi connectivity index (χ0n) is 51.0. The molecule has 0 saturated carbocycles. The van der Waals surface area contributed by atoms with E-state index in [1.807, 2.05) is 0 Å². The average molecular weight is 1050 g/mol. The summed E-state index contributed by atoms with van der Waals surface area (Å²) in [6.07, 6.45) is 82.2. The van der Waals surface area contributed by atoms with Crippen molar-refractivity contribution < 1.29 is 20.1 Å². The van der Waals surface area contributed by atoms with Crippen LogP contribution < -0.4 is 5.32 Å². The summed E-state index contributed by atoms with van der Waals surface area (Å²) in [4.78, 5) is 12.6. The minimum absolute atomic E-state index is 0.307. The van der Waals surface area contributed by atoms with Crippen LogP contribution in [-0.2, 0) is 4.79 Å². The van der Waals surface area contributed by atoms with Crippen LogP contribution in [0.2, 0.25) is 0 Å². The normalized spacial score (nSPS) is 13.0. The van der Waals surface area contributed by atoms with Crippen LogP contribution in [0, 0.1) is 0 Å². The Balaban J connectivity index is 3.41. The van der Waals surface area contributed by atoms with Crippen LogP contribution in [0.5, 0.6) is 0 Å². The van der Waals surface area contributed by atoms with E-state index in [1.165, 1.54) is 353 Å². The SMILES string of the molecule is CCCCCCCCCCCCCCCCCCCCCCCCCCCCCCCCCCCCCCC(O)C(=O)NC(CO)C(O)CCCCCCCCCCCCCCCCCCCCCCCCCC. The second kappa shape index (κ2) is 64.9. The Hall–Kier alpha value is -0.650. The molecule has 0 aliphatic rings. The minimum atomic E-state index is -1.07. The van der Waals surface area contributed by atoms with E-state index in [9.17, 15) is 20.1 Å². The Kier molecular flexibility index (Phi) is 64.3. The lowest BCUT2D eigenvalue weighted by molar-refractivity contribution is -0.131. The highest BCUT2D eigenvalue weighted by atomic mass is 16.3. The van der Waals surface area contributed by atoms with Gasteiger partial charge in [-0.3, -0.25) is 4.79 Å². The number of carbonyl (C=O) groups is 1. The van der Waals surface area contributed by atoms with Crippen molar-refractivity contribution in [3.05, 3.63) is 0 Å². The van der Waals surface area contributed by atoms with Crippen LogP contribution in [0.25, 0.3) is 0 Å². The van der Waals surface area contributed by atoms with Gasteiger partial charge in [-0.2, -0.15) is 0 Å². The Morgan fingerprint density at radius 1 is 0.270 bits per heavy atom. The average Bonchev–Trinajstić information content (AvgIpc) is 3.41. The van der Waals surface area contributed by atoms with E-state index in [-0.39, 0.29) is 6.61 Å². The summed E-state index contributed by atoms with van der Waals surface area (Å²) in [5, 5.41) is 33.7. The molecule has 0 fully saturated rings. The summed E-state index contributed by atoms with van der Waals surface area (Å²) in [5.41, 5.74) is 0. The molecule has 0 rings (SSSR count). The molecule has 3 atom stereocenters. The third kappa shape index (κ3) is 59.0. The van der Waals surface area contributed by atoms with Crippen molar-refractivity contribution in [1.82, 2.24) is 5.32 Å². The molecule has 0 aromatic heterocycles. The standard InChI is InChI=1S/C69H139NO4/c1-3-5-7-9-11-13-15-17-19-21-23-25-27-29-30-31-32-33-34-35-36-37-38-39-40-42-44-46-48-50-52-54-56-58-60-62-64-68(73)69(74)70-66(65-71)67(72)63-61-59-57-55-53-51-49-47-45-43-41-28-26-24-22-20-18-16-14-12-10-8-6-4-2/h66-68,71-73H,3-65H2,1-2H3,(H,70,74). The topological polar surface area (TPSA) is 89.8 Å². The number of rotatable bonds is 66. The predicted octanol–water partition coefficient (Wildman–Crippen LogP) is 22.4. The lowest BCUT2D eigenvalue weighted by Gasteiger charge is -2.23. The molecule has 0 radical (unpaired) electrons.